The molecule has 19 heavy (non-hydrogen) atoms. The Morgan fingerprint density at radius 1 is 1.32 bits per heavy atom. The second-order valence-corrected chi connectivity index (χ2v) is 8.55. The summed E-state index contributed by atoms with van der Waals surface area (Å²) >= 11 is 5.96. The number of hydrogen-bond donors (Lipinski definition) is 1. The molecule has 102 valence electrons. The summed E-state index contributed by atoms with van der Waals surface area (Å²) < 4.78 is 0. The summed E-state index contributed by atoms with van der Waals surface area (Å²) in [7, 11) is 0. The maximum absolute atomic E-state index is 11.4. The molecule has 1 saturated heterocycles. The van der Waals surface area contributed by atoms with Gasteiger partial charge in [-0.15, -0.1) is 11.8 Å². The number of aryl methyl sites for hydroxylation is 1. The Morgan fingerprint density at radius 3 is 2.79 bits per heavy atom. The van der Waals surface area contributed by atoms with Crippen LogP contribution in [-0.4, -0.2) is 33.6 Å². The molecule has 3 rings (SSSR count). The molecule has 0 amide bonds. The molecular weight excluding hydrogens is 296 g/mol. The normalized spacial score (nSPS) is 25.6. The minimum atomic E-state index is -0.802. The first-order chi connectivity index (χ1) is 9.09. The number of benzene rings is 1. The van der Waals surface area contributed by atoms with Crippen molar-refractivity contribution in [2.24, 2.45) is 0 Å². The van der Waals surface area contributed by atoms with Crippen LogP contribution in [0.15, 0.2) is 11.0 Å². The third-order valence-electron chi connectivity index (χ3n) is 3.73. The summed E-state index contributed by atoms with van der Waals surface area (Å²) in [5, 5.41) is 10.5. The van der Waals surface area contributed by atoms with Crippen molar-refractivity contribution < 1.29 is 9.90 Å². The largest absolute Gasteiger partial charge is 0.478 e. The van der Waals surface area contributed by atoms with Gasteiger partial charge in [-0.05, 0) is 36.6 Å². The molecule has 2 atom stereocenters. The molecule has 0 saturated carbocycles. The molecule has 5 heteroatoms. The summed E-state index contributed by atoms with van der Waals surface area (Å²) in [5.41, 5.74) is 3.88. The van der Waals surface area contributed by atoms with Crippen LogP contribution in [0.25, 0.3) is 0 Å². The Balaban J connectivity index is 2.17. The van der Waals surface area contributed by atoms with Crippen molar-refractivity contribution in [3.63, 3.8) is 0 Å². The van der Waals surface area contributed by atoms with Crippen molar-refractivity contribution in [1.29, 1.82) is 0 Å². The van der Waals surface area contributed by atoms with Crippen LogP contribution >= 0.6 is 35.3 Å². The molecule has 2 aliphatic rings. The lowest BCUT2D eigenvalue weighted by Crippen LogP contribution is -2.27. The van der Waals surface area contributed by atoms with Gasteiger partial charge in [-0.3, -0.25) is 0 Å². The standard InChI is InChI=1S/C14H16O2S3/c1-7-5-9(14(15)16)8(2)11-12(7)19-6-10-13(11)18-4-3-17-10/h5,10,13H,3-4,6H2,1-2H3,(H,15,16). The molecule has 1 aromatic rings. The summed E-state index contributed by atoms with van der Waals surface area (Å²) in [6.45, 7) is 4.02. The molecule has 0 aliphatic carbocycles. The molecule has 0 aromatic heterocycles. The van der Waals surface area contributed by atoms with E-state index in [-0.39, 0.29) is 0 Å². The quantitative estimate of drug-likeness (QED) is 0.848. The topological polar surface area (TPSA) is 37.3 Å². The van der Waals surface area contributed by atoms with Gasteiger partial charge in [0.1, 0.15) is 0 Å². The Bertz CT molecular complexity index is 542. The molecule has 0 spiro atoms. The van der Waals surface area contributed by atoms with Crippen LogP contribution in [0, 0.1) is 13.8 Å². The lowest BCUT2D eigenvalue weighted by atomic mass is 9.95. The summed E-state index contributed by atoms with van der Waals surface area (Å²) in [4.78, 5) is 12.7. The molecular formula is C14H16O2S3. The van der Waals surface area contributed by atoms with E-state index in [1.807, 2.05) is 43.4 Å². The molecule has 1 aromatic carbocycles. The smallest absolute Gasteiger partial charge is 0.335 e. The molecule has 1 fully saturated rings. The first-order valence-electron chi connectivity index (χ1n) is 6.33. The van der Waals surface area contributed by atoms with Crippen LogP contribution in [0.2, 0.25) is 0 Å². The van der Waals surface area contributed by atoms with E-state index in [9.17, 15) is 9.90 Å². The predicted molar refractivity (Wildman–Crippen MR) is 85.0 cm³/mol. The van der Waals surface area contributed by atoms with Gasteiger partial charge >= 0.3 is 5.97 Å². The lowest BCUT2D eigenvalue weighted by molar-refractivity contribution is 0.0695. The maximum atomic E-state index is 11.4. The van der Waals surface area contributed by atoms with Crippen molar-refractivity contribution >= 4 is 41.3 Å². The van der Waals surface area contributed by atoms with E-state index in [4.69, 9.17) is 0 Å². The fraction of sp³-hybridized carbons (Fsp3) is 0.500. The number of carboxylic acids is 1. The van der Waals surface area contributed by atoms with Crippen molar-refractivity contribution in [3.05, 3.63) is 28.3 Å². The number of carboxylic acid groups (broad SMARTS) is 1. The second kappa shape index (κ2) is 5.26. The van der Waals surface area contributed by atoms with Gasteiger partial charge in [-0.2, -0.15) is 23.5 Å². The van der Waals surface area contributed by atoms with Crippen LogP contribution < -0.4 is 0 Å². The number of aromatic carboxylic acids is 1. The predicted octanol–water partition coefficient (Wildman–Crippen LogP) is 4.00. The van der Waals surface area contributed by atoms with E-state index in [1.165, 1.54) is 22.0 Å². The highest BCUT2D eigenvalue weighted by atomic mass is 32.2. The van der Waals surface area contributed by atoms with Gasteiger partial charge in [0.2, 0.25) is 0 Å². The van der Waals surface area contributed by atoms with Gasteiger partial charge in [0, 0.05) is 32.7 Å². The van der Waals surface area contributed by atoms with Crippen molar-refractivity contribution in [1.82, 2.24) is 0 Å². The molecule has 2 nitrogen and oxygen atoms in total. The third-order valence-corrected chi connectivity index (χ3v) is 8.40. The van der Waals surface area contributed by atoms with Crippen molar-refractivity contribution in [2.45, 2.75) is 29.2 Å². The van der Waals surface area contributed by atoms with E-state index in [0.717, 1.165) is 16.9 Å². The number of rotatable bonds is 1. The monoisotopic (exact) mass is 312 g/mol. The van der Waals surface area contributed by atoms with Crippen LogP contribution in [0.3, 0.4) is 0 Å². The first kappa shape index (κ1) is 13.7. The van der Waals surface area contributed by atoms with Gasteiger partial charge in [-0.1, -0.05) is 0 Å². The van der Waals surface area contributed by atoms with Crippen LogP contribution in [0.5, 0.6) is 0 Å². The lowest BCUT2D eigenvalue weighted by Gasteiger charge is -2.37. The Hall–Kier alpha value is -0.260. The fourth-order valence-corrected chi connectivity index (χ4v) is 7.73. The molecule has 2 aliphatic heterocycles. The average molecular weight is 312 g/mol. The van der Waals surface area contributed by atoms with E-state index in [1.54, 1.807) is 0 Å². The van der Waals surface area contributed by atoms with Crippen LogP contribution in [-0.2, 0) is 0 Å². The Morgan fingerprint density at radius 2 is 2.05 bits per heavy atom. The summed E-state index contributed by atoms with van der Waals surface area (Å²) in [6, 6.07) is 1.84. The minimum Gasteiger partial charge on any atom is -0.478 e. The SMILES string of the molecule is Cc1cc(C(=O)O)c(C)c2c1SCC1SCCSC21. The Labute approximate surface area is 126 Å². The van der Waals surface area contributed by atoms with Gasteiger partial charge in [0.15, 0.2) is 0 Å². The van der Waals surface area contributed by atoms with Gasteiger partial charge < -0.3 is 5.11 Å². The van der Waals surface area contributed by atoms with E-state index in [0.29, 0.717) is 16.1 Å². The maximum Gasteiger partial charge on any atom is 0.335 e. The molecule has 2 heterocycles. The second-order valence-electron chi connectivity index (χ2n) is 4.93. The molecule has 1 N–H and O–H groups in total. The Kier molecular flexibility index (Phi) is 3.80. The van der Waals surface area contributed by atoms with Crippen molar-refractivity contribution in [2.75, 3.05) is 17.3 Å². The third kappa shape index (κ3) is 2.30. The van der Waals surface area contributed by atoms with Gasteiger partial charge in [0.25, 0.3) is 0 Å². The minimum absolute atomic E-state index is 0.480. The average Bonchev–Trinajstić information content (AvgIpc) is 2.41. The van der Waals surface area contributed by atoms with E-state index in [2.05, 4.69) is 11.8 Å². The zero-order valence-corrected chi connectivity index (χ0v) is 13.4. The van der Waals surface area contributed by atoms with Crippen molar-refractivity contribution in [3.8, 4) is 0 Å². The first-order valence-corrected chi connectivity index (χ1v) is 9.41. The number of carbonyl (C=O) groups is 1. The highest BCUT2D eigenvalue weighted by Gasteiger charge is 2.36. The number of hydrogen-bond acceptors (Lipinski definition) is 4. The van der Waals surface area contributed by atoms with Gasteiger partial charge in [-0.25, -0.2) is 4.79 Å². The molecule has 0 bridgehead atoms. The number of thioether (sulfide) groups is 3. The fourth-order valence-electron chi connectivity index (χ4n) is 2.81. The van der Waals surface area contributed by atoms with Crippen LogP contribution in [0.1, 0.15) is 32.3 Å². The van der Waals surface area contributed by atoms with E-state index >= 15 is 0 Å². The van der Waals surface area contributed by atoms with Gasteiger partial charge in [0.05, 0.1) is 5.56 Å². The molecule has 0 radical (unpaired) electrons. The highest BCUT2D eigenvalue weighted by molar-refractivity contribution is 8.08. The summed E-state index contributed by atoms with van der Waals surface area (Å²) in [6.07, 6.45) is 0. The summed E-state index contributed by atoms with van der Waals surface area (Å²) in [5.74, 6) is 2.75. The zero-order chi connectivity index (χ0) is 13.6. The highest BCUT2D eigenvalue weighted by Crippen LogP contribution is 2.53. The zero-order valence-electron chi connectivity index (χ0n) is 10.9. The number of fused-ring (bicyclic) bond motifs is 3. The molecule has 2 unspecified atom stereocenters. The van der Waals surface area contributed by atoms with E-state index < -0.39 is 5.97 Å². The van der Waals surface area contributed by atoms with Crippen LogP contribution in [0.4, 0.5) is 0 Å².